The molecule has 0 aliphatic heterocycles. The van der Waals surface area contributed by atoms with E-state index in [1.54, 1.807) is 6.07 Å². The summed E-state index contributed by atoms with van der Waals surface area (Å²) in [6.07, 6.45) is 5.47. The first-order valence-electron chi connectivity index (χ1n) is 10.3. The van der Waals surface area contributed by atoms with E-state index in [0.29, 0.717) is 11.9 Å². The van der Waals surface area contributed by atoms with E-state index in [2.05, 4.69) is 9.97 Å². The second-order valence-electron chi connectivity index (χ2n) is 7.78. The van der Waals surface area contributed by atoms with Gasteiger partial charge in [0.15, 0.2) is 0 Å². The van der Waals surface area contributed by atoms with E-state index in [0.717, 1.165) is 26.6 Å². The van der Waals surface area contributed by atoms with Crippen LogP contribution in [0.1, 0.15) is 49.9 Å². The molecule has 0 aliphatic rings. The number of H-pyrrole nitrogens is 1. The molecule has 0 bridgehead atoms. The van der Waals surface area contributed by atoms with Crippen molar-refractivity contribution in [2.45, 2.75) is 45.7 Å². The van der Waals surface area contributed by atoms with Crippen LogP contribution in [0.2, 0.25) is 0 Å². The van der Waals surface area contributed by atoms with Crippen LogP contribution in [-0.4, -0.2) is 30.2 Å². The van der Waals surface area contributed by atoms with Gasteiger partial charge in [-0.2, -0.15) is 0 Å². The monoisotopic (exact) mass is 420 g/mol. The zero-order chi connectivity index (χ0) is 22.3. The number of rotatable bonds is 6. The third-order valence-corrected chi connectivity index (χ3v) is 5.86. The van der Waals surface area contributed by atoms with Crippen LogP contribution in [0.25, 0.3) is 21.8 Å². The smallest absolute Gasteiger partial charge is 0.332 e. The Morgan fingerprint density at radius 2 is 2.00 bits per heavy atom. The average Bonchev–Trinajstić information content (AvgIpc) is 3.18. The fourth-order valence-corrected chi connectivity index (χ4v) is 4.35. The van der Waals surface area contributed by atoms with Crippen LogP contribution in [0, 0.1) is 6.92 Å². The maximum Gasteiger partial charge on any atom is 0.332 e. The van der Waals surface area contributed by atoms with Gasteiger partial charge in [-0.15, -0.1) is 0 Å². The van der Waals surface area contributed by atoms with Crippen LogP contribution >= 0.6 is 0 Å². The number of carboxylic acids is 1. The number of benzene rings is 1. The second kappa shape index (κ2) is 7.86. The van der Waals surface area contributed by atoms with Gasteiger partial charge in [0, 0.05) is 35.1 Å². The number of nitrogens with zero attached hydrogens (tertiary/aromatic N) is 3. The Kier molecular flexibility index (Phi) is 5.22. The lowest BCUT2D eigenvalue weighted by Gasteiger charge is -2.22. The number of aromatic amines is 1. The molecule has 8 heteroatoms. The molecular formula is C23H24N4O4. The predicted molar refractivity (Wildman–Crippen MR) is 119 cm³/mol. The van der Waals surface area contributed by atoms with E-state index in [1.165, 1.54) is 17.0 Å². The van der Waals surface area contributed by atoms with Crippen molar-refractivity contribution in [3.8, 4) is 0 Å². The lowest BCUT2D eigenvalue weighted by molar-refractivity contribution is -0.141. The number of carbonyl (C=O) groups is 1. The summed E-state index contributed by atoms with van der Waals surface area (Å²) in [5.41, 5.74) is 2.05. The lowest BCUT2D eigenvalue weighted by atomic mass is 10.0. The molecule has 160 valence electrons. The van der Waals surface area contributed by atoms with Crippen LogP contribution in [0.15, 0.2) is 52.4 Å². The van der Waals surface area contributed by atoms with Crippen LogP contribution < -0.4 is 11.2 Å². The minimum atomic E-state index is -1.24. The number of pyridine rings is 1. The summed E-state index contributed by atoms with van der Waals surface area (Å²) < 4.78 is 2.37. The summed E-state index contributed by atoms with van der Waals surface area (Å²) >= 11 is 0. The molecule has 0 amide bonds. The standard InChI is InChI=1S/C23H24N4O4/c1-4-6-19(22(29)30)27-21(28)16-11-24-10-9-18(16)26(23(27)31)14(3)15-12-25-17-8-5-7-13(2)20(15)17/h5,7-12,14,19,25H,4,6H2,1-3H3,(H,29,30)/t14?,19-/m0/s1. The van der Waals surface area contributed by atoms with E-state index >= 15 is 0 Å². The van der Waals surface area contributed by atoms with Gasteiger partial charge in [0.05, 0.1) is 16.9 Å². The molecule has 3 heterocycles. The normalized spacial score (nSPS) is 13.5. The first-order chi connectivity index (χ1) is 14.9. The number of hydrogen-bond donors (Lipinski definition) is 2. The first-order valence-corrected chi connectivity index (χ1v) is 10.3. The van der Waals surface area contributed by atoms with Crippen molar-refractivity contribution in [1.82, 2.24) is 19.1 Å². The maximum absolute atomic E-state index is 13.6. The summed E-state index contributed by atoms with van der Waals surface area (Å²) in [7, 11) is 0. The van der Waals surface area contributed by atoms with Gasteiger partial charge in [-0.1, -0.05) is 25.5 Å². The quantitative estimate of drug-likeness (QED) is 0.497. The van der Waals surface area contributed by atoms with Gasteiger partial charge in [-0.05, 0) is 38.0 Å². The van der Waals surface area contributed by atoms with Gasteiger partial charge in [0.1, 0.15) is 6.04 Å². The van der Waals surface area contributed by atoms with E-state index in [-0.39, 0.29) is 11.8 Å². The van der Waals surface area contributed by atoms with Gasteiger partial charge in [-0.3, -0.25) is 14.3 Å². The molecular weight excluding hydrogens is 396 g/mol. The van der Waals surface area contributed by atoms with Gasteiger partial charge in [-0.25, -0.2) is 14.2 Å². The number of nitrogens with one attached hydrogen (secondary N) is 1. The summed E-state index contributed by atoms with van der Waals surface area (Å²) in [6.45, 7) is 5.69. The molecule has 0 saturated carbocycles. The summed E-state index contributed by atoms with van der Waals surface area (Å²) in [5.74, 6) is -1.20. The lowest BCUT2D eigenvalue weighted by Crippen LogP contribution is -2.45. The van der Waals surface area contributed by atoms with E-state index in [1.807, 2.05) is 45.2 Å². The molecule has 3 aromatic heterocycles. The van der Waals surface area contributed by atoms with Crippen molar-refractivity contribution < 1.29 is 9.90 Å². The van der Waals surface area contributed by atoms with Crippen molar-refractivity contribution >= 4 is 27.8 Å². The fourth-order valence-electron chi connectivity index (χ4n) is 4.35. The Hall–Kier alpha value is -3.68. The topological polar surface area (TPSA) is 110 Å². The number of aryl methyl sites for hydroxylation is 1. The number of aliphatic carboxylic acids is 1. The second-order valence-corrected chi connectivity index (χ2v) is 7.78. The molecule has 4 rings (SSSR count). The number of fused-ring (bicyclic) bond motifs is 2. The van der Waals surface area contributed by atoms with Gasteiger partial charge < -0.3 is 10.1 Å². The maximum atomic E-state index is 13.6. The van der Waals surface area contributed by atoms with Crippen LogP contribution in [-0.2, 0) is 4.79 Å². The van der Waals surface area contributed by atoms with Gasteiger partial charge in [0.2, 0.25) is 0 Å². The Balaban J connectivity index is 2.07. The third-order valence-electron chi connectivity index (χ3n) is 5.86. The van der Waals surface area contributed by atoms with E-state index in [4.69, 9.17) is 0 Å². The minimum Gasteiger partial charge on any atom is -0.480 e. The number of carboxylic acid groups (broad SMARTS) is 1. The highest BCUT2D eigenvalue weighted by Gasteiger charge is 2.27. The van der Waals surface area contributed by atoms with Crippen LogP contribution in [0.5, 0.6) is 0 Å². The SMILES string of the molecule is CCC[C@@H](C(=O)O)n1c(=O)c2cnccc2n(C(C)c2c[nH]c3cccc(C)c23)c1=O. The van der Waals surface area contributed by atoms with Gasteiger partial charge >= 0.3 is 11.7 Å². The first kappa shape index (κ1) is 20.6. The molecule has 2 atom stereocenters. The molecule has 31 heavy (non-hydrogen) atoms. The number of hydrogen-bond acceptors (Lipinski definition) is 4. The highest BCUT2D eigenvalue weighted by atomic mass is 16.4. The highest BCUT2D eigenvalue weighted by Crippen LogP contribution is 2.30. The van der Waals surface area contributed by atoms with Crippen molar-refractivity contribution in [1.29, 1.82) is 0 Å². The fraction of sp³-hybridized carbons (Fsp3) is 0.304. The Labute approximate surface area is 177 Å². The predicted octanol–water partition coefficient (Wildman–Crippen LogP) is 3.38. The largest absolute Gasteiger partial charge is 0.480 e. The molecule has 8 nitrogen and oxygen atoms in total. The van der Waals surface area contributed by atoms with E-state index in [9.17, 15) is 19.5 Å². The molecule has 0 radical (unpaired) electrons. The molecule has 0 spiro atoms. The van der Waals surface area contributed by atoms with Crippen molar-refractivity contribution in [3.05, 3.63) is 74.8 Å². The summed E-state index contributed by atoms with van der Waals surface area (Å²) in [6, 6.07) is 5.85. The molecule has 2 N–H and O–H groups in total. The minimum absolute atomic E-state index is 0.177. The Morgan fingerprint density at radius 1 is 1.23 bits per heavy atom. The zero-order valence-electron chi connectivity index (χ0n) is 17.6. The molecule has 1 unspecified atom stereocenters. The Morgan fingerprint density at radius 3 is 2.71 bits per heavy atom. The van der Waals surface area contributed by atoms with Crippen molar-refractivity contribution in [2.24, 2.45) is 0 Å². The molecule has 0 saturated heterocycles. The molecule has 0 aliphatic carbocycles. The molecule has 4 aromatic rings. The summed E-state index contributed by atoms with van der Waals surface area (Å²) in [5, 5.41) is 11.0. The molecule has 0 fully saturated rings. The summed E-state index contributed by atoms with van der Waals surface area (Å²) in [4.78, 5) is 46.0. The average molecular weight is 420 g/mol. The van der Waals surface area contributed by atoms with Crippen molar-refractivity contribution in [3.63, 3.8) is 0 Å². The van der Waals surface area contributed by atoms with E-state index < -0.39 is 29.3 Å². The van der Waals surface area contributed by atoms with Crippen LogP contribution in [0.3, 0.4) is 0 Å². The van der Waals surface area contributed by atoms with Gasteiger partial charge in [0.25, 0.3) is 5.56 Å². The third kappa shape index (κ3) is 3.24. The highest BCUT2D eigenvalue weighted by molar-refractivity contribution is 5.87. The van der Waals surface area contributed by atoms with Crippen LogP contribution in [0.4, 0.5) is 0 Å². The molecule has 1 aromatic carbocycles. The Bertz CT molecular complexity index is 1410. The number of aromatic nitrogens is 4. The zero-order valence-corrected chi connectivity index (χ0v) is 17.6. The van der Waals surface area contributed by atoms with Crippen molar-refractivity contribution in [2.75, 3.05) is 0 Å².